The smallest absolute Gasteiger partial charge is 0.164 e. The van der Waals surface area contributed by atoms with Crippen molar-refractivity contribution in [1.82, 2.24) is 20.1 Å². The molecule has 1 aliphatic rings. The second-order valence-electron chi connectivity index (χ2n) is 4.54. The van der Waals surface area contributed by atoms with Gasteiger partial charge in [0.25, 0.3) is 0 Å². The van der Waals surface area contributed by atoms with Crippen LogP contribution in [0.5, 0.6) is 0 Å². The third kappa shape index (κ3) is 5.12. The lowest BCUT2D eigenvalue weighted by molar-refractivity contribution is 0.0960. The zero-order chi connectivity index (χ0) is 12.6. The number of aromatic nitrogens is 3. The van der Waals surface area contributed by atoms with Crippen molar-refractivity contribution in [3.63, 3.8) is 0 Å². The van der Waals surface area contributed by atoms with Crippen LogP contribution >= 0.6 is 0 Å². The molecular weight excluding hydrogens is 232 g/mol. The van der Waals surface area contributed by atoms with Crippen molar-refractivity contribution >= 4 is 0 Å². The highest BCUT2D eigenvalue weighted by Gasteiger charge is 2.20. The van der Waals surface area contributed by atoms with E-state index in [9.17, 15) is 0 Å². The fourth-order valence-electron chi connectivity index (χ4n) is 1.61. The van der Waals surface area contributed by atoms with Gasteiger partial charge in [0.05, 0.1) is 19.7 Å². The summed E-state index contributed by atoms with van der Waals surface area (Å²) in [5.41, 5.74) is 0. The minimum Gasteiger partial charge on any atom is -0.385 e. The van der Waals surface area contributed by atoms with Crippen LogP contribution in [0.2, 0.25) is 0 Å². The van der Waals surface area contributed by atoms with Crippen molar-refractivity contribution in [2.45, 2.75) is 38.4 Å². The summed E-state index contributed by atoms with van der Waals surface area (Å²) < 4.78 is 12.3. The second kappa shape index (κ2) is 7.45. The average Bonchev–Trinajstić information content (AvgIpc) is 3.11. The molecule has 6 nitrogen and oxygen atoms in total. The molecule has 18 heavy (non-hydrogen) atoms. The van der Waals surface area contributed by atoms with Crippen molar-refractivity contribution in [2.75, 3.05) is 26.9 Å². The van der Waals surface area contributed by atoms with Crippen LogP contribution < -0.4 is 5.32 Å². The van der Waals surface area contributed by atoms with Crippen molar-refractivity contribution in [3.05, 3.63) is 12.2 Å². The summed E-state index contributed by atoms with van der Waals surface area (Å²) in [6.07, 6.45) is 5.28. The van der Waals surface area contributed by atoms with Crippen LogP contribution in [0, 0.1) is 0 Å². The van der Waals surface area contributed by atoms with Crippen LogP contribution in [-0.4, -0.2) is 47.7 Å². The molecule has 1 fully saturated rings. The van der Waals surface area contributed by atoms with Crippen LogP contribution in [-0.2, 0) is 22.6 Å². The first-order chi connectivity index (χ1) is 8.88. The van der Waals surface area contributed by atoms with Gasteiger partial charge in [0.2, 0.25) is 0 Å². The van der Waals surface area contributed by atoms with Crippen molar-refractivity contribution in [2.24, 2.45) is 0 Å². The van der Waals surface area contributed by atoms with Gasteiger partial charge in [-0.25, -0.2) is 4.98 Å². The normalized spacial score (nSPS) is 15.2. The SMILES string of the molecule is COCCCOCCn1cnc(CNC2CC2)n1. The van der Waals surface area contributed by atoms with Crippen LogP contribution in [0.25, 0.3) is 0 Å². The summed E-state index contributed by atoms with van der Waals surface area (Å²) in [6, 6.07) is 0.695. The van der Waals surface area contributed by atoms with Gasteiger partial charge >= 0.3 is 0 Å². The van der Waals surface area contributed by atoms with Crippen molar-refractivity contribution < 1.29 is 9.47 Å². The molecular formula is C12H22N4O2. The lowest BCUT2D eigenvalue weighted by atomic mass is 10.5. The fourth-order valence-corrected chi connectivity index (χ4v) is 1.61. The van der Waals surface area contributed by atoms with E-state index in [-0.39, 0.29) is 0 Å². The van der Waals surface area contributed by atoms with E-state index in [1.807, 2.05) is 4.68 Å². The maximum atomic E-state index is 5.47. The molecule has 0 bridgehead atoms. The van der Waals surface area contributed by atoms with Gasteiger partial charge in [0.15, 0.2) is 5.82 Å². The molecule has 0 atom stereocenters. The molecule has 0 saturated heterocycles. The Morgan fingerprint density at radius 2 is 2.28 bits per heavy atom. The molecule has 6 heteroatoms. The highest BCUT2D eigenvalue weighted by molar-refractivity contribution is 4.86. The molecule has 1 heterocycles. The third-order valence-corrected chi connectivity index (χ3v) is 2.81. The summed E-state index contributed by atoms with van der Waals surface area (Å²) in [5, 5.41) is 7.78. The summed E-state index contributed by atoms with van der Waals surface area (Å²) in [5.74, 6) is 0.862. The highest BCUT2D eigenvalue weighted by Crippen LogP contribution is 2.18. The molecule has 0 aliphatic heterocycles. The monoisotopic (exact) mass is 254 g/mol. The maximum Gasteiger partial charge on any atom is 0.164 e. The zero-order valence-electron chi connectivity index (χ0n) is 11.0. The highest BCUT2D eigenvalue weighted by atomic mass is 16.5. The molecule has 1 N–H and O–H groups in total. The summed E-state index contributed by atoms with van der Waals surface area (Å²) >= 11 is 0. The zero-order valence-corrected chi connectivity index (χ0v) is 11.0. The largest absolute Gasteiger partial charge is 0.385 e. The van der Waals surface area contributed by atoms with E-state index in [1.54, 1.807) is 13.4 Å². The predicted molar refractivity (Wildman–Crippen MR) is 67.2 cm³/mol. The lowest BCUT2D eigenvalue weighted by Crippen LogP contribution is -2.16. The van der Waals surface area contributed by atoms with Crippen LogP contribution in [0.15, 0.2) is 6.33 Å². The molecule has 0 radical (unpaired) electrons. The van der Waals surface area contributed by atoms with E-state index in [0.717, 1.165) is 38.5 Å². The summed E-state index contributed by atoms with van der Waals surface area (Å²) in [7, 11) is 1.70. The van der Waals surface area contributed by atoms with E-state index in [2.05, 4.69) is 15.4 Å². The molecule has 102 valence electrons. The summed E-state index contributed by atoms with van der Waals surface area (Å²) in [6.45, 7) is 3.68. The molecule has 0 spiro atoms. The minimum atomic E-state index is 0.669. The Morgan fingerprint density at radius 1 is 1.39 bits per heavy atom. The number of rotatable bonds is 10. The molecule has 1 aromatic rings. The van der Waals surface area contributed by atoms with Crippen molar-refractivity contribution in [1.29, 1.82) is 0 Å². The first-order valence-corrected chi connectivity index (χ1v) is 6.57. The van der Waals surface area contributed by atoms with Crippen LogP contribution in [0.4, 0.5) is 0 Å². The molecule has 0 unspecified atom stereocenters. The van der Waals surface area contributed by atoms with Gasteiger partial charge in [0, 0.05) is 26.4 Å². The van der Waals surface area contributed by atoms with Gasteiger partial charge in [-0.15, -0.1) is 0 Å². The minimum absolute atomic E-state index is 0.669. The number of hydrogen-bond acceptors (Lipinski definition) is 5. The van der Waals surface area contributed by atoms with Gasteiger partial charge in [-0.1, -0.05) is 0 Å². The van der Waals surface area contributed by atoms with E-state index in [1.165, 1.54) is 12.8 Å². The Morgan fingerprint density at radius 3 is 3.06 bits per heavy atom. The molecule has 2 rings (SSSR count). The van der Waals surface area contributed by atoms with Crippen LogP contribution in [0.3, 0.4) is 0 Å². The van der Waals surface area contributed by atoms with Crippen LogP contribution in [0.1, 0.15) is 25.1 Å². The number of nitrogens with one attached hydrogen (secondary N) is 1. The van der Waals surface area contributed by atoms with E-state index < -0.39 is 0 Å². The Bertz CT molecular complexity index is 339. The Labute approximate surface area is 108 Å². The second-order valence-corrected chi connectivity index (χ2v) is 4.54. The van der Waals surface area contributed by atoms with Gasteiger partial charge < -0.3 is 14.8 Å². The van der Waals surface area contributed by atoms with Gasteiger partial charge in [-0.3, -0.25) is 4.68 Å². The Hall–Kier alpha value is -0.980. The molecule has 1 aliphatic carbocycles. The molecule has 0 aromatic carbocycles. The number of hydrogen-bond donors (Lipinski definition) is 1. The number of nitrogens with zero attached hydrogens (tertiary/aromatic N) is 3. The Kier molecular flexibility index (Phi) is 5.57. The molecule has 0 amide bonds. The van der Waals surface area contributed by atoms with Gasteiger partial charge in [-0.05, 0) is 19.3 Å². The number of methoxy groups -OCH3 is 1. The molecule has 1 aromatic heterocycles. The van der Waals surface area contributed by atoms with Gasteiger partial charge in [-0.2, -0.15) is 5.10 Å². The number of ether oxygens (including phenoxy) is 2. The first-order valence-electron chi connectivity index (χ1n) is 6.57. The van der Waals surface area contributed by atoms with E-state index in [0.29, 0.717) is 12.6 Å². The fraction of sp³-hybridized carbons (Fsp3) is 0.833. The maximum absolute atomic E-state index is 5.47. The quantitative estimate of drug-likeness (QED) is 0.619. The van der Waals surface area contributed by atoms with Crippen molar-refractivity contribution in [3.8, 4) is 0 Å². The average molecular weight is 254 g/mol. The standard InChI is InChI=1S/C12H22N4O2/c1-17-6-2-7-18-8-5-16-10-14-12(15-16)9-13-11-3-4-11/h10-11,13H,2-9H2,1H3. The van der Waals surface area contributed by atoms with Gasteiger partial charge in [0.1, 0.15) is 6.33 Å². The van der Waals surface area contributed by atoms with E-state index in [4.69, 9.17) is 9.47 Å². The topological polar surface area (TPSA) is 61.2 Å². The molecule has 1 saturated carbocycles. The van der Waals surface area contributed by atoms with E-state index >= 15 is 0 Å². The summed E-state index contributed by atoms with van der Waals surface area (Å²) in [4.78, 5) is 4.26. The Balaban J connectivity index is 1.54. The third-order valence-electron chi connectivity index (χ3n) is 2.81. The first kappa shape index (κ1) is 13.5. The predicted octanol–water partition coefficient (Wildman–Crippen LogP) is 0.583. The lowest BCUT2D eigenvalue weighted by Gasteiger charge is -2.03.